The molecule has 0 aliphatic rings. The van der Waals surface area contributed by atoms with E-state index in [1.54, 1.807) is 0 Å². The van der Waals surface area contributed by atoms with Gasteiger partial charge in [0.15, 0.2) is 0 Å². The summed E-state index contributed by atoms with van der Waals surface area (Å²) in [5.74, 6) is 0.879. The molecule has 0 aromatic carbocycles. The van der Waals surface area contributed by atoms with Crippen LogP contribution in [0.4, 0.5) is 0 Å². The van der Waals surface area contributed by atoms with E-state index in [0.29, 0.717) is 25.6 Å². The van der Waals surface area contributed by atoms with Gasteiger partial charge in [-0.15, -0.1) is 0 Å². The molecule has 0 spiro atoms. The van der Waals surface area contributed by atoms with Gasteiger partial charge in [-0.2, -0.15) is 0 Å². The Labute approximate surface area is 442 Å². The third kappa shape index (κ3) is 59.5. The standard InChI is InChI=1S/C34H68O2.C32H64O2/c1-4-7-10-13-15-17-18-19-20-22-25-28-31-33(30-27-24-12-9-6-3)34(35)36-32-29-26-23-21-16-14-11-8-5-2;1-4-7-10-13-15-16-17-18-19-20-21-23-26-29-32(33)34-30-31(27-24-12-9-6-3)28-25-22-14-11-8-5-2/h33H,4-32H2,1-3H3;31H,4-30H2,1-3H3. The van der Waals surface area contributed by atoms with Crippen molar-refractivity contribution in [2.45, 2.75) is 388 Å². The highest BCUT2D eigenvalue weighted by atomic mass is 16.5. The van der Waals surface area contributed by atoms with Gasteiger partial charge in [-0.05, 0) is 44.4 Å². The number of unbranched alkanes of at least 4 members (excludes halogenated alkanes) is 43. The quantitative estimate of drug-likeness (QED) is 0.0450. The fourth-order valence-electron chi connectivity index (χ4n) is 10.3. The van der Waals surface area contributed by atoms with Crippen molar-refractivity contribution in [3.05, 3.63) is 0 Å². The first-order valence-corrected chi connectivity index (χ1v) is 32.8. The van der Waals surface area contributed by atoms with E-state index in [-0.39, 0.29) is 17.9 Å². The number of carbonyl (C=O) groups is 2. The van der Waals surface area contributed by atoms with Crippen LogP contribution in [0.2, 0.25) is 0 Å². The topological polar surface area (TPSA) is 52.6 Å². The molecule has 0 aromatic heterocycles. The van der Waals surface area contributed by atoms with Crippen LogP contribution in [0.15, 0.2) is 0 Å². The first-order valence-electron chi connectivity index (χ1n) is 32.8. The van der Waals surface area contributed by atoms with E-state index >= 15 is 0 Å². The minimum absolute atomic E-state index is 0.0459. The minimum Gasteiger partial charge on any atom is -0.465 e. The van der Waals surface area contributed by atoms with Crippen molar-refractivity contribution >= 4 is 11.9 Å². The Kier molecular flexibility index (Phi) is 65.0. The molecule has 0 heterocycles. The second kappa shape index (κ2) is 64.1. The van der Waals surface area contributed by atoms with Crippen LogP contribution in [0.1, 0.15) is 388 Å². The average molecular weight is 990 g/mol. The average Bonchev–Trinajstić information content (AvgIpc) is 3.36. The zero-order chi connectivity index (χ0) is 51.3. The maximum atomic E-state index is 12.8. The molecule has 2 unspecified atom stereocenters. The Hall–Kier alpha value is -1.06. The van der Waals surface area contributed by atoms with Gasteiger partial charge in [0.25, 0.3) is 0 Å². The molecule has 0 bridgehead atoms. The number of hydrogen-bond donors (Lipinski definition) is 0. The van der Waals surface area contributed by atoms with E-state index in [9.17, 15) is 9.59 Å². The minimum atomic E-state index is 0.0459. The van der Waals surface area contributed by atoms with E-state index in [1.165, 1.54) is 315 Å². The fourth-order valence-corrected chi connectivity index (χ4v) is 10.3. The van der Waals surface area contributed by atoms with E-state index < -0.39 is 0 Å². The lowest BCUT2D eigenvalue weighted by Crippen LogP contribution is -2.18. The number of rotatable bonds is 58. The summed E-state index contributed by atoms with van der Waals surface area (Å²) in [6.07, 6.45) is 70.6. The molecule has 0 radical (unpaired) electrons. The first-order chi connectivity index (χ1) is 34.5. The Balaban J connectivity index is 0. The maximum Gasteiger partial charge on any atom is 0.308 e. The van der Waals surface area contributed by atoms with Gasteiger partial charge in [0.05, 0.1) is 19.1 Å². The third-order valence-electron chi connectivity index (χ3n) is 15.3. The second-order valence-electron chi connectivity index (χ2n) is 22.5. The molecule has 0 aliphatic carbocycles. The van der Waals surface area contributed by atoms with Gasteiger partial charge in [-0.3, -0.25) is 9.59 Å². The predicted molar refractivity (Wildman–Crippen MR) is 312 cm³/mol. The molecular weight excluding hydrogens is 857 g/mol. The van der Waals surface area contributed by atoms with E-state index in [2.05, 4.69) is 41.5 Å². The van der Waals surface area contributed by atoms with Crippen molar-refractivity contribution in [2.24, 2.45) is 11.8 Å². The smallest absolute Gasteiger partial charge is 0.308 e. The van der Waals surface area contributed by atoms with Crippen LogP contribution >= 0.6 is 0 Å². The Morgan fingerprint density at radius 3 is 0.829 bits per heavy atom. The fraction of sp³-hybridized carbons (Fsp3) is 0.970. The summed E-state index contributed by atoms with van der Waals surface area (Å²) in [6, 6.07) is 0. The Bertz CT molecular complexity index is 964. The number of esters is 2. The lowest BCUT2D eigenvalue weighted by atomic mass is 9.94. The van der Waals surface area contributed by atoms with Crippen LogP contribution in [-0.4, -0.2) is 25.2 Å². The Morgan fingerprint density at radius 1 is 0.271 bits per heavy atom. The van der Waals surface area contributed by atoms with Crippen molar-refractivity contribution in [2.75, 3.05) is 13.2 Å². The molecule has 0 N–H and O–H groups in total. The summed E-state index contributed by atoms with van der Waals surface area (Å²) in [7, 11) is 0. The lowest BCUT2D eigenvalue weighted by molar-refractivity contribution is -0.149. The largest absolute Gasteiger partial charge is 0.465 e. The molecule has 0 saturated carbocycles. The Morgan fingerprint density at radius 2 is 0.514 bits per heavy atom. The molecule has 70 heavy (non-hydrogen) atoms. The van der Waals surface area contributed by atoms with Crippen LogP contribution < -0.4 is 0 Å². The molecule has 0 aliphatic heterocycles. The lowest BCUT2D eigenvalue weighted by Gasteiger charge is -2.17. The monoisotopic (exact) mass is 989 g/mol. The van der Waals surface area contributed by atoms with Crippen molar-refractivity contribution < 1.29 is 19.1 Å². The third-order valence-corrected chi connectivity index (χ3v) is 15.3. The highest BCUT2D eigenvalue weighted by molar-refractivity contribution is 5.72. The second-order valence-corrected chi connectivity index (χ2v) is 22.5. The van der Waals surface area contributed by atoms with Crippen LogP contribution in [-0.2, 0) is 19.1 Å². The number of hydrogen-bond acceptors (Lipinski definition) is 4. The summed E-state index contributed by atoms with van der Waals surface area (Å²) in [6.45, 7) is 15.0. The molecule has 0 saturated heterocycles. The van der Waals surface area contributed by atoms with Crippen LogP contribution in [0, 0.1) is 11.8 Å². The molecule has 420 valence electrons. The highest BCUT2D eigenvalue weighted by Crippen LogP contribution is 2.23. The number of ether oxygens (including phenoxy) is 2. The summed E-state index contributed by atoms with van der Waals surface area (Å²) >= 11 is 0. The van der Waals surface area contributed by atoms with Gasteiger partial charge in [-0.1, -0.05) is 343 Å². The molecule has 0 fully saturated rings. The van der Waals surface area contributed by atoms with Crippen molar-refractivity contribution in [3.63, 3.8) is 0 Å². The van der Waals surface area contributed by atoms with Crippen LogP contribution in [0.25, 0.3) is 0 Å². The molecule has 0 aromatic rings. The SMILES string of the molecule is CCCCCCCCCCCCCCC(CCCCCCC)C(=O)OCCCCCCCCCCC.CCCCCCCCCCCCCCCC(=O)OCC(CCCCCC)CCCCCCCC. The van der Waals surface area contributed by atoms with Crippen molar-refractivity contribution in [3.8, 4) is 0 Å². The van der Waals surface area contributed by atoms with E-state index in [4.69, 9.17) is 9.47 Å². The molecular formula is C66H132O4. The summed E-state index contributed by atoms with van der Waals surface area (Å²) in [5.41, 5.74) is 0. The number of carbonyl (C=O) groups excluding carboxylic acids is 2. The normalized spacial score (nSPS) is 12.2. The first kappa shape index (κ1) is 71.0. The van der Waals surface area contributed by atoms with Crippen LogP contribution in [0.5, 0.6) is 0 Å². The van der Waals surface area contributed by atoms with Gasteiger partial charge in [0.2, 0.25) is 0 Å². The van der Waals surface area contributed by atoms with Crippen molar-refractivity contribution in [1.29, 1.82) is 0 Å². The maximum absolute atomic E-state index is 12.8. The van der Waals surface area contributed by atoms with Gasteiger partial charge < -0.3 is 9.47 Å². The molecule has 4 heteroatoms. The van der Waals surface area contributed by atoms with Gasteiger partial charge >= 0.3 is 11.9 Å². The van der Waals surface area contributed by atoms with Crippen molar-refractivity contribution in [1.82, 2.24) is 0 Å². The van der Waals surface area contributed by atoms with Gasteiger partial charge in [0.1, 0.15) is 0 Å². The van der Waals surface area contributed by atoms with Gasteiger partial charge in [0, 0.05) is 6.42 Å². The zero-order valence-electron chi connectivity index (χ0n) is 49.4. The molecule has 0 rings (SSSR count). The summed E-state index contributed by atoms with van der Waals surface area (Å²) in [5, 5.41) is 0. The predicted octanol–water partition coefficient (Wildman–Crippen LogP) is 23.5. The highest BCUT2D eigenvalue weighted by Gasteiger charge is 2.19. The summed E-state index contributed by atoms with van der Waals surface area (Å²) in [4.78, 5) is 25.1. The molecule has 4 nitrogen and oxygen atoms in total. The summed E-state index contributed by atoms with van der Waals surface area (Å²) < 4.78 is 11.5. The van der Waals surface area contributed by atoms with E-state index in [1.807, 2.05) is 0 Å². The van der Waals surface area contributed by atoms with Gasteiger partial charge in [-0.25, -0.2) is 0 Å². The van der Waals surface area contributed by atoms with E-state index in [0.717, 1.165) is 25.7 Å². The molecule has 0 amide bonds. The van der Waals surface area contributed by atoms with Crippen LogP contribution in [0.3, 0.4) is 0 Å². The molecule has 2 atom stereocenters. The zero-order valence-corrected chi connectivity index (χ0v) is 49.4.